The smallest absolute Gasteiger partial charge is 0.278 e. The van der Waals surface area contributed by atoms with E-state index in [1.165, 1.54) is 11.8 Å². The number of aromatic nitrogens is 5. The van der Waals surface area contributed by atoms with Crippen molar-refractivity contribution in [1.29, 1.82) is 0 Å². The zero-order valence-corrected chi connectivity index (χ0v) is 20.2. The lowest BCUT2D eigenvalue weighted by atomic mass is 10.1. The van der Waals surface area contributed by atoms with Gasteiger partial charge in [-0.1, -0.05) is 46.8 Å². The lowest BCUT2D eigenvalue weighted by Gasteiger charge is -2.11. The molecule has 0 spiro atoms. The van der Waals surface area contributed by atoms with Crippen LogP contribution in [-0.4, -0.2) is 30.9 Å². The van der Waals surface area contributed by atoms with Gasteiger partial charge in [0.05, 0.1) is 11.4 Å². The lowest BCUT2D eigenvalue weighted by molar-refractivity contribution is 0.102. The number of nitrogens with zero attached hydrogens (tertiary/aromatic N) is 5. The zero-order chi connectivity index (χ0) is 23.5. The summed E-state index contributed by atoms with van der Waals surface area (Å²) in [6.07, 6.45) is 0. The third-order valence-corrected chi connectivity index (χ3v) is 6.06. The van der Waals surface area contributed by atoms with E-state index < -0.39 is 0 Å². The molecule has 0 radical (unpaired) electrons. The summed E-state index contributed by atoms with van der Waals surface area (Å²) in [6, 6.07) is 15.9. The van der Waals surface area contributed by atoms with Crippen LogP contribution in [0.5, 0.6) is 0 Å². The second-order valence-electron chi connectivity index (χ2n) is 8.13. The molecule has 168 valence electrons. The molecule has 4 rings (SSSR count). The fraction of sp³-hybridized carbons (Fsp3) is 0.240. The van der Waals surface area contributed by atoms with Crippen LogP contribution in [0.3, 0.4) is 0 Å². The maximum atomic E-state index is 13.2. The number of aryl methyl sites for hydroxylation is 5. The number of hydrogen-bond acceptors (Lipinski definition) is 6. The molecule has 0 bridgehead atoms. The number of rotatable bonds is 6. The third kappa shape index (κ3) is 5.28. The van der Waals surface area contributed by atoms with Gasteiger partial charge in [-0.15, -0.1) is 5.10 Å². The van der Waals surface area contributed by atoms with E-state index in [4.69, 9.17) is 0 Å². The first-order chi connectivity index (χ1) is 15.8. The molecule has 0 aliphatic heterocycles. The van der Waals surface area contributed by atoms with Crippen LogP contribution in [0.4, 0.5) is 5.69 Å². The Morgan fingerprint density at radius 3 is 2.27 bits per heavy atom. The van der Waals surface area contributed by atoms with E-state index in [0.717, 1.165) is 39.5 Å². The Morgan fingerprint density at radius 2 is 1.58 bits per heavy atom. The predicted molar refractivity (Wildman–Crippen MR) is 131 cm³/mol. The number of hydrogen-bond donors (Lipinski definition) is 1. The average molecular weight is 459 g/mol. The molecule has 33 heavy (non-hydrogen) atoms. The van der Waals surface area contributed by atoms with Crippen LogP contribution < -0.4 is 5.32 Å². The highest BCUT2D eigenvalue weighted by molar-refractivity contribution is 7.98. The highest BCUT2D eigenvalue weighted by Crippen LogP contribution is 2.25. The van der Waals surface area contributed by atoms with Gasteiger partial charge in [0.25, 0.3) is 5.91 Å². The number of nitrogens with one attached hydrogen (secondary N) is 1. The van der Waals surface area contributed by atoms with E-state index in [0.29, 0.717) is 16.6 Å². The third-order valence-electron chi connectivity index (χ3n) is 5.20. The predicted octanol–water partition coefficient (Wildman–Crippen LogP) is 5.14. The fourth-order valence-electron chi connectivity index (χ4n) is 3.44. The summed E-state index contributed by atoms with van der Waals surface area (Å²) in [6.45, 7) is 9.88. The van der Waals surface area contributed by atoms with Gasteiger partial charge in [-0.05, 0) is 70.0 Å². The monoisotopic (exact) mass is 458 g/mol. The molecule has 2 aromatic carbocycles. The van der Waals surface area contributed by atoms with Crippen molar-refractivity contribution in [2.45, 2.75) is 45.5 Å². The number of anilines is 1. The van der Waals surface area contributed by atoms with Crippen LogP contribution in [0.2, 0.25) is 0 Å². The first kappa shape index (κ1) is 22.7. The first-order valence-corrected chi connectivity index (χ1v) is 11.6. The Morgan fingerprint density at radius 1 is 0.909 bits per heavy atom. The highest BCUT2D eigenvalue weighted by Gasteiger charge is 2.22. The average Bonchev–Trinajstić information content (AvgIpc) is 3.19. The maximum Gasteiger partial charge on any atom is 0.278 e. The summed E-state index contributed by atoms with van der Waals surface area (Å²) < 4.78 is 1.72. The minimum atomic E-state index is -0.293. The van der Waals surface area contributed by atoms with E-state index in [1.54, 1.807) is 4.68 Å². The van der Waals surface area contributed by atoms with Gasteiger partial charge >= 0.3 is 0 Å². The molecule has 0 aliphatic carbocycles. The lowest BCUT2D eigenvalue weighted by Crippen LogP contribution is -2.16. The molecule has 2 heterocycles. The van der Waals surface area contributed by atoms with Gasteiger partial charge < -0.3 is 5.32 Å². The second-order valence-corrected chi connectivity index (χ2v) is 9.07. The van der Waals surface area contributed by atoms with Gasteiger partial charge in [0.15, 0.2) is 10.9 Å². The van der Waals surface area contributed by atoms with Crippen LogP contribution in [0, 0.1) is 34.6 Å². The molecule has 8 heteroatoms. The van der Waals surface area contributed by atoms with Crippen LogP contribution in [0.25, 0.3) is 5.69 Å². The molecule has 7 nitrogen and oxygen atoms in total. The van der Waals surface area contributed by atoms with Crippen LogP contribution in [0.1, 0.15) is 44.3 Å². The van der Waals surface area contributed by atoms with E-state index in [1.807, 2.05) is 83.1 Å². The van der Waals surface area contributed by atoms with Crippen molar-refractivity contribution >= 4 is 23.4 Å². The second kappa shape index (κ2) is 9.54. The topological polar surface area (TPSA) is 85.6 Å². The molecule has 1 N–H and O–H groups in total. The van der Waals surface area contributed by atoms with Gasteiger partial charge in [0.2, 0.25) is 0 Å². The van der Waals surface area contributed by atoms with Crippen LogP contribution in [-0.2, 0) is 5.75 Å². The highest BCUT2D eigenvalue weighted by atomic mass is 32.2. The molecule has 4 aromatic rings. The largest absolute Gasteiger partial charge is 0.320 e. The Labute approximate surface area is 197 Å². The summed E-state index contributed by atoms with van der Waals surface area (Å²) in [4.78, 5) is 22.3. The Kier molecular flexibility index (Phi) is 6.55. The van der Waals surface area contributed by atoms with Gasteiger partial charge in [0.1, 0.15) is 0 Å². The van der Waals surface area contributed by atoms with Crippen molar-refractivity contribution in [2.24, 2.45) is 0 Å². The number of carbonyl (C=O) groups is 1. The van der Waals surface area contributed by atoms with Gasteiger partial charge in [0, 0.05) is 22.8 Å². The van der Waals surface area contributed by atoms with Crippen molar-refractivity contribution in [2.75, 3.05) is 5.32 Å². The quantitative estimate of drug-likeness (QED) is 0.318. The molecule has 0 unspecified atom stereocenters. The van der Waals surface area contributed by atoms with E-state index in [9.17, 15) is 4.79 Å². The standard InChI is InChI=1S/C25H26N6OS/c1-15-7-10-20(11-8-15)31-22(14-33-25-26-18(4)13-19(5)27-25)23(29-30-31)24(32)28-21-12-16(2)6-9-17(21)3/h6-13H,14H2,1-5H3,(H,28,32). The summed E-state index contributed by atoms with van der Waals surface area (Å²) in [7, 11) is 0. The summed E-state index contributed by atoms with van der Waals surface area (Å²) in [5, 5.41) is 12.2. The number of benzene rings is 2. The molecule has 0 saturated heterocycles. The van der Waals surface area contributed by atoms with Crippen molar-refractivity contribution in [3.8, 4) is 5.69 Å². The maximum absolute atomic E-state index is 13.2. The molecule has 0 saturated carbocycles. The molecule has 1 amide bonds. The van der Waals surface area contributed by atoms with Crippen molar-refractivity contribution < 1.29 is 4.79 Å². The van der Waals surface area contributed by atoms with Crippen LogP contribution >= 0.6 is 11.8 Å². The number of amides is 1. The van der Waals surface area contributed by atoms with E-state index in [-0.39, 0.29) is 11.6 Å². The molecular formula is C25H26N6OS. The van der Waals surface area contributed by atoms with Gasteiger partial charge in [-0.25, -0.2) is 14.6 Å². The summed E-state index contributed by atoms with van der Waals surface area (Å²) >= 11 is 1.46. The number of carbonyl (C=O) groups excluding carboxylic acids is 1. The summed E-state index contributed by atoms with van der Waals surface area (Å²) in [5.74, 6) is 0.151. The Balaban J connectivity index is 1.69. The molecule has 0 atom stereocenters. The Bertz CT molecular complexity index is 1290. The van der Waals surface area contributed by atoms with Crippen LogP contribution in [0.15, 0.2) is 53.7 Å². The minimum absolute atomic E-state index is 0.286. The van der Waals surface area contributed by atoms with Gasteiger partial charge in [-0.2, -0.15) is 0 Å². The molecular weight excluding hydrogens is 432 g/mol. The molecule has 2 aromatic heterocycles. The zero-order valence-electron chi connectivity index (χ0n) is 19.4. The minimum Gasteiger partial charge on any atom is -0.320 e. The fourth-order valence-corrected chi connectivity index (χ4v) is 4.39. The van der Waals surface area contributed by atoms with Crippen molar-refractivity contribution in [3.63, 3.8) is 0 Å². The molecule has 0 aliphatic rings. The normalized spacial score (nSPS) is 10.9. The van der Waals surface area contributed by atoms with E-state index >= 15 is 0 Å². The van der Waals surface area contributed by atoms with E-state index in [2.05, 4.69) is 25.6 Å². The molecule has 0 fully saturated rings. The van der Waals surface area contributed by atoms with Crippen molar-refractivity contribution in [3.05, 3.63) is 88.0 Å². The van der Waals surface area contributed by atoms with Crippen molar-refractivity contribution in [1.82, 2.24) is 25.0 Å². The SMILES string of the molecule is Cc1ccc(-n2nnc(C(=O)Nc3cc(C)ccc3C)c2CSc2nc(C)cc(C)n2)cc1. The number of thioether (sulfide) groups is 1. The van der Waals surface area contributed by atoms with Gasteiger partial charge in [-0.3, -0.25) is 4.79 Å². The first-order valence-electron chi connectivity index (χ1n) is 10.7. The Hall–Kier alpha value is -3.52. The summed E-state index contributed by atoms with van der Waals surface area (Å²) in [5.41, 5.74) is 7.60.